The summed E-state index contributed by atoms with van der Waals surface area (Å²) in [7, 11) is 0. The Kier molecular flexibility index (Phi) is 3.09. The summed E-state index contributed by atoms with van der Waals surface area (Å²) in [5.74, 6) is -0.171. The zero-order valence-electron chi connectivity index (χ0n) is 9.05. The van der Waals surface area contributed by atoms with Crippen LogP contribution in [0.2, 0.25) is 0 Å². The third kappa shape index (κ3) is 3.12. The molecule has 0 unspecified atom stereocenters. The molecular weight excluding hydrogens is 249 g/mol. The average Bonchev–Trinajstić information content (AvgIpc) is 2.65. The molecule has 8 heteroatoms. The van der Waals surface area contributed by atoms with E-state index in [9.17, 15) is 13.2 Å². The lowest BCUT2D eigenvalue weighted by Gasteiger charge is -2.08. The molecule has 0 saturated heterocycles. The van der Waals surface area contributed by atoms with Gasteiger partial charge in [-0.3, -0.25) is 0 Å². The fraction of sp³-hybridized carbons (Fsp3) is 0.200. The van der Waals surface area contributed by atoms with Crippen LogP contribution in [0.5, 0.6) is 5.88 Å². The molecule has 0 fully saturated rings. The van der Waals surface area contributed by atoms with E-state index in [0.29, 0.717) is 18.1 Å². The Hall–Kier alpha value is -2.25. The van der Waals surface area contributed by atoms with Crippen molar-refractivity contribution in [3.05, 3.63) is 36.3 Å². The van der Waals surface area contributed by atoms with Crippen molar-refractivity contribution < 1.29 is 17.9 Å². The highest BCUT2D eigenvalue weighted by Gasteiger charge is 2.31. The third-order valence-corrected chi connectivity index (χ3v) is 2.12. The molecule has 0 amide bonds. The van der Waals surface area contributed by atoms with E-state index in [0.717, 1.165) is 6.07 Å². The number of hydrogen-bond acceptors (Lipinski definition) is 4. The van der Waals surface area contributed by atoms with Crippen molar-refractivity contribution >= 4 is 5.95 Å². The van der Waals surface area contributed by atoms with Crippen LogP contribution in [0.25, 0.3) is 0 Å². The summed E-state index contributed by atoms with van der Waals surface area (Å²) >= 11 is 0. The molecule has 0 aliphatic rings. The van der Waals surface area contributed by atoms with Gasteiger partial charge in [-0.1, -0.05) is 6.07 Å². The number of hydrogen-bond donors (Lipinski definition) is 1. The Morgan fingerprint density at radius 2 is 2.06 bits per heavy atom. The Labute approximate surface area is 100 Å². The predicted molar refractivity (Wildman–Crippen MR) is 56.7 cm³/mol. The summed E-state index contributed by atoms with van der Waals surface area (Å²) in [5, 5.41) is 0. The first-order chi connectivity index (χ1) is 8.44. The molecule has 0 atom stereocenters. The van der Waals surface area contributed by atoms with E-state index in [2.05, 4.69) is 14.7 Å². The van der Waals surface area contributed by atoms with Gasteiger partial charge in [-0.15, -0.1) is 13.2 Å². The lowest BCUT2D eigenvalue weighted by Crippen LogP contribution is -2.17. The van der Waals surface area contributed by atoms with Crippen LogP contribution in [0.3, 0.4) is 0 Å². The first kappa shape index (κ1) is 12.2. The van der Waals surface area contributed by atoms with E-state index in [1.807, 2.05) is 0 Å². The average molecular weight is 258 g/mol. The van der Waals surface area contributed by atoms with Crippen LogP contribution in [0, 0.1) is 0 Å². The molecule has 2 aromatic rings. The lowest BCUT2D eigenvalue weighted by molar-refractivity contribution is -0.276. The summed E-state index contributed by atoms with van der Waals surface area (Å²) in [6.45, 7) is 0.380. The minimum atomic E-state index is -4.73. The number of ether oxygens (including phenoxy) is 1. The van der Waals surface area contributed by atoms with Crippen LogP contribution in [-0.2, 0) is 6.54 Å². The van der Waals surface area contributed by atoms with Gasteiger partial charge in [0.1, 0.15) is 0 Å². The Bertz CT molecular complexity index is 521. The van der Waals surface area contributed by atoms with E-state index in [1.165, 1.54) is 18.5 Å². The van der Waals surface area contributed by atoms with Crippen molar-refractivity contribution in [1.82, 2.24) is 14.5 Å². The van der Waals surface area contributed by atoms with Crippen LogP contribution < -0.4 is 10.5 Å². The molecule has 96 valence electrons. The Morgan fingerprint density at radius 3 is 2.56 bits per heavy atom. The van der Waals surface area contributed by atoms with Crippen molar-refractivity contribution in [1.29, 1.82) is 0 Å². The number of rotatable bonds is 3. The van der Waals surface area contributed by atoms with Gasteiger partial charge < -0.3 is 15.0 Å². The molecule has 5 nitrogen and oxygen atoms in total. The monoisotopic (exact) mass is 258 g/mol. The summed E-state index contributed by atoms with van der Waals surface area (Å²) in [5.41, 5.74) is 6.25. The van der Waals surface area contributed by atoms with Gasteiger partial charge in [0.25, 0.3) is 0 Å². The summed E-state index contributed by atoms with van der Waals surface area (Å²) in [6, 6.07) is 2.63. The molecule has 0 aromatic carbocycles. The van der Waals surface area contributed by atoms with Gasteiger partial charge in [0.15, 0.2) is 5.95 Å². The summed E-state index contributed by atoms with van der Waals surface area (Å²) in [6.07, 6.45) is -0.247. The molecular formula is C10H9F3N4O. The van der Waals surface area contributed by atoms with Crippen molar-refractivity contribution in [2.24, 2.45) is 0 Å². The molecule has 0 radical (unpaired) electrons. The Morgan fingerprint density at radius 1 is 1.28 bits per heavy atom. The second-order valence-electron chi connectivity index (χ2n) is 3.47. The zero-order chi connectivity index (χ0) is 13.2. The third-order valence-electron chi connectivity index (χ3n) is 2.12. The van der Waals surface area contributed by atoms with Crippen molar-refractivity contribution in [3.8, 4) is 5.88 Å². The smallest absolute Gasteiger partial charge is 0.388 e. The van der Waals surface area contributed by atoms with Crippen molar-refractivity contribution in [2.75, 3.05) is 5.73 Å². The fourth-order valence-corrected chi connectivity index (χ4v) is 1.35. The quantitative estimate of drug-likeness (QED) is 0.911. The maximum atomic E-state index is 11.9. The minimum absolute atomic E-state index is 0.325. The van der Waals surface area contributed by atoms with Crippen molar-refractivity contribution in [2.45, 2.75) is 12.9 Å². The number of imidazole rings is 1. The molecule has 2 rings (SSSR count). The van der Waals surface area contributed by atoms with E-state index in [4.69, 9.17) is 5.73 Å². The molecule has 2 N–H and O–H groups in total. The van der Waals surface area contributed by atoms with Gasteiger partial charge in [0, 0.05) is 24.7 Å². The molecule has 18 heavy (non-hydrogen) atoms. The lowest BCUT2D eigenvalue weighted by atomic mass is 10.3. The van der Waals surface area contributed by atoms with Gasteiger partial charge >= 0.3 is 6.36 Å². The molecule has 0 spiro atoms. The molecule has 0 saturated carbocycles. The van der Waals surface area contributed by atoms with E-state index < -0.39 is 12.2 Å². The minimum Gasteiger partial charge on any atom is -0.388 e. The molecule has 0 aliphatic heterocycles. The highest BCUT2D eigenvalue weighted by molar-refractivity contribution is 5.22. The summed E-state index contributed by atoms with van der Waals surface area (Å²) < 4.78 is 41.0. The number of anilines is 1. The van der Waals surface area contributed by atoms with E-state index in [1.54, 1.807) is 10.8 Å². The molecule has 0 aliphatic carbocycles. The van der Waals surface area contributed by atoms with Crippen LogP contribution >= 0.6 is 0 Å². The van der Waals surface area contributed by atoms with Crippen LogP contribution in [0.4, 0.5) is 19.1 Å². The number of aromatic nitrogens is 3. The normalized spacial score (nSPS) is 11.5. The van der Waals surface area contributed by atoms with Gasteiger partial charge in [0.05, 0.1) is 6.54 Å². The van der Waals surface area contributed by atoms with Crippen molar-refractivity contribution in [3.63, 3.8) is 0 Å². The second-order valence-corrected chi connectivity index (χ2v) is 3.47. The highest BCUT2D eigenvalue weighted by atomic mass is 19.4. The molecule has 2 heterocycles. The first-order valence-corrected chi connectivity index (χ1v) is 4.91. The Balaban J connectivity index is 2.06. The fourth-order valence-electron chi connectivity index (χ4n) is 1.35. The highest BCUT2D eigenvalue weighted by Crippen LogP contribution is 2.20. The molecule has 2 aromatic heterocycles. The number of nitrogen functional groups attached to an aromatic ring is 1. The van der Waals surface area contributed by atoms with Gasteiger partial charge in [-0.2, -0.15) is 0 Å². The first-order valence-electron chi connectivity index (χ1n) is 4.91. The van der Waals surface area contributed by atoms with Crippen LogP contribution in [0.1, 0.15) is 5.56 Å². The largest absolute Gasteiger partial charge is 0.574 e. The topological polar surface area (TPSA) is 66.0 Å². The van der Waals surface area contributed by atoms with Gasteiger partial charge in [-0.25, -0.2) is 9.97 Å². The maximum Gasteiger partial charge on any atom is 0.574 e. The molecule has 0 bridgehead atoms. The van der Waals surface area contributed by atoms with Gasteiger partial charge in [-0.05, 0) is 5.56 Å². The number of alkyl halides is 3. The number of pyridine rings is 1. The van der Waals surface area contributed by atoms with Crippen LogP contribution in [0.15, 0.2) is 30.7 Å². The van der Waals surface area contributed by atoms with Crippen LogP contribution in [-0.4, -0.2) is 20.9 Å². The van der Waals surface area contributed by atoms with E-state index in [-0.39, 0.29) is 0 Å². The number of nitrogens with zero attached hydrogens (tertiary/aromatic N) is 3. The van der Waals surface area contributed by atoms with Gasteiger partial charge in [0.2, 0.25) is 5.88 Å². The summed E-state index contributed by atoms with van der Waals surface area (Å²) in [4.78, 5) is 7.38. The second kappa shape index (κ2) is 4.55. The number of halogens is 3. The zero-order valence-corrected chi connectivity index (χ0v) is 9.05. The predicted octanol–water partition coefficient (Wildman–Crippen LogP) is 1.81. The maximum absolute atomic E-state index is 11.9. The number of nitrogens with two attached hydrogens (primary N) is 1. The standard InChI is InChI=1S/C10H9F3N4O/c11-10(12,13)18-8-2-1-7(5-16-8)6-17-4-3-15-9(17)14/h1-5H,6H2,(H2,14,15). The SMILES string of the molecule is Nc1nccn1Cc1ccc(OC(F)(F)F)nc1. The van der Waals surface area contributed by atoms with E-state index >= 15 is 0 Å².